The zero-order chi connectivity index (χ0) is 19.5. The molecule has 0 bridgehead atoms. The van der Waals surface area contributed by atoms with E-state index in [1.54, 1.807) is 23.5 Å². The molecule has 0 unspecified atom stereocenters. The Morgan fingerprint density at radius 3 is 2.61 bits per heavy atom. The van der Waals surface area contributed by atoms with E-state index in [4.69, 9.17) is 13.9 Å². The Labute approximate surface area is 167 Å². The van der Waals surface area contributed by atoms with Crippen LogP contribution in [0.5, 0.6) is 5.75 Å². The van der Waals surface area contributed by atoms with E-state index in [9.17, 15) is 4.79 Å². The standard InChI is InChI=1S/C21H22N2O4S/c1-14-7-12-28-19(14)20-22-18(15(2)27-20)13-26-17-5-3-16(4-6-17)21(24)23-8-10-25-11-9-23/h3-7,12H,8-11,13H2,1-2H3. The smallest absolute Gasteiger partial charge is 0.254 e. The van der Waals surface area contributed by atoms with Gasteiger partial charge in [0.15, 0.2) is 0 Å². The van der Waals surface area contributed by atoms with Crippen molar-refractivity contribution in [2.75, 3.05) is 26.3 Å². The zero-order valence-electron chi connectivity index (χ0n) is 15.9. The summed E-state index contributed by atoms with van der Waals surface area (Å²) in [5.74, 6) is 2.10. The van der Waals surface area contributed by atoms with Crippen molar-refractivity contribution in [2.24, 2.45) is 0 Å². The molecule has 1 amide bonds. The van der Waals surface area contributed by atoms with Gasteiger partial charge in [-0.1, -0.05) is 0 Å². The van der Waals surface area contributed by atoms with Gasteiger partial charge in [0.25, 0.3) is 5.91 Å². The van der Waals surface area contributed by atoms with Gasteiger partial charge in [0, 0.05) is 18.7 Å². The average Bonchev–Trinajstić information content (AvgIpc) is 3.32. The maximum atomic E-state index is 12.5. The molecule has 0 radical (unpaired) electrons. The van der Waals surface area contributed by atoms with Crippen LogP contribution in [0.2, 0.25) is 0 Å². The number of rotatable bonds is 5. The van der Waals surface area contributed by atoms with E-state index >= 15 is 0 Å². The van der Waals surface area contributed by atoms with Crippen LogP contribution in [0, 0.1) is 13.8 Å². The molecule has 28 heavy (non-hydrogen) atoms. The number of hydrogen-bond acceptors (Lipinski definition) is 6. The molecule has 0 N–H and O–H groups in total. The van der Waals surface area contributed by atoms with Gasteiger partial charge >= 0.3 is 0 Å². The maximum absolute atomic E-state index is 12.5. The molecule has 1 aromatic carbocycles. The van der Waals surface area contributed by atoms with Crippen LogP contribution in [0.1, 0.15) is 27.4 Å². The Hall–Kier alpha value is -2.64. The topological polar surface area (TPSA) is 64.8 Å². The fraction of sp³-hybridized carbons (Fsp3) is 0.333. The predicted molar refractivity (Wildman–Crippen MR) is 107 cm³/mol. The molecule has 0 saturated carbocycles. The first kappa shape index (κ1) is 18.7. The van der Waals surface area contributed by atoms with Crippen LogP contribution in [0.4, 0.5) is 0 Å². The van der Waals surface area contributed by atoms with E-state index in [0.717, 1.165) is 21.9 Å². The van der Waals surface area contributed by atoms with Gasteiger partial charge in [0.2, 0.25) is 5.89 Å². The van der Waals surface area contributed by atoms with Crippen molar-refractivity contribution in [3.8, 4) is 16.5 Å². The Kier molecular flexibility index (Phi) is 5.45. The summed E-state index contributed by atoms with van der Waals surface area (Å²) in [5, 5.41) is 2.03. The van der Waals surface area contributed by atoms with Crippen molar-refractivity contribution in [2.45, 2.75) is 20.5 Å². The van der Waals surface area contributed by atoms with E-state index in [0.29, 0.717) is 50.1 Å². The second-order valence-electron chi connectivity index (χ2n) is 6.67. The van der Waals surface area contributed by atoms with Gasteiger partial charge in [-0.15, -0.1) is 11.3 Å². The summed E-state index contributed by atoms with van der Waals surface area (Å²) in [7, 11) is 0. The van der Waals surface area contributed by atoms with Crippen LogP contribution in [-0.4, -0.2) is 42.1 Å². The van der Waals surface area contributed by atoms with Gasteiger partial charge < -0.3 is 18.8 Å². The van der Waals surface area contributed by atoms with Gasteiger partial charge in [-0.05, 0) is 55.1 Å². The van der Waals surface area contributed by atoms with Crippen molar-refractivity contribution in [3.63, 3.8) is 0 Å². The fourth-order valence-corrected chi connectivity index (χ4v) is 3.90. The summed E-state index contributed by atoms with van der Waals surface area (Å²) >= 11 is 1.61. The molecule has 3 heterocycles. The lowest BCUT2D eigenvalue weighted by Crippen LogP contribution is -2.40. The molecule has 6 nitrogen and oxygen atoms in total. The molecule has 2 aromatic heterocycles. The number of morpholine rings is 1. The minimum atomic E-state index is 0.0261. The monoisotopic (exact) mass is 398 g/mol. The van der Waals surface area contributed by atoms with Crippen molar-refractivity contribution in [1.82, 2.24) is 9.88 Å². The third kappa shape index (κ3) is 3.95. The lowest BCUT2D eigenvalue weighted by atomic mass is 10.2. The Morgan fingerprint density at radius 2 is 1.93 bits per heavy atom. The first-order valence-electron chi connectivity index (χ1n) is 9.22. The minimum Gasteiger partial charge on any atom is -0.487 e. The van der Waals surface area contributed by atoms with Crippen molar-refractivity contribution in [1.29, 1.82) is 0 Å². The van der Waals surface area contributed by atoms with Crippen molar-refractivity contribution in [3.05, 3.63) is 58.3 Å². The second-order valence-corrected chi connectivity index (χ2v) is 7.59. The third-order valence-electron chi connectivity index (χ3n) is 4.72. The first-order valence-corrected chi connectivity index (χ1v) is 10.1. The number of thiophene rings is 1. The summed E-state index contributed by atoms with van der Waals surface area (Å²) in [4.78, 5) is 19.9. The summed E-state index contributed by atoms with van der Waals surface area (Å²) < 4.78 is 16.9. The lowest BCUT2D eigenvalue weighted by Gasteiger charge is -2.26. The largest absolute Gasteiger partial charge is 0.487 e. The summed E-state index contributed by atoms with van der Waals surface area (Å²) in [6.45, 7) is 6.71. The molecular weight excluding hydrogens is 376 g/mol. The van der Waals surface area contributed by atoms with Crippen LogP contribution in [0.25, 0.3) is 10.8 Å². The minimum absolute atomic E-state index is 0.0261. The highest BCUT2D eigenvalue weighted by Gasteiger charge is 2.19. The molecule has 7 heteroatoms. The molecule has 1 saturated heterocycles. The molecule has 0 spiro atoms. The summed E-state index contributed by atoms with van der Waals surface area (Å²) in [6, 6.07) is 9.27. The summed E-state index contributed by atoms with van der Waals surface area (Å²) in [6.07, 6.45) is 0. The Balaban J connectivity index is 1.39. The van der Waals surface area contributed by atoms with Crippen LogP contribution >= 0.6 is 11.3 Å². The zero-order valence-corrected chi connectivity index (χ0v) is 16.8. The number of aryl methyl sites for hydroxylation is 2. The Bertz CT molecular complexity index is 955. The SMILES string of the molecule is Cc1ccsc1-c1nc(COc2ccc(C(=O)N3CCOCC3)cc2)c(C)o1. The number of amides is 1. The van der Waals surface area contributed by atoms with Crippen LogP contribution in [-0.2, 0) is 11.3 Å². The van der Waals surface area contributed by atoms with Crippen LogP contribution in [0.15, 0.2) is 40.1 Å². The van der Waals surface area contributed by atoms with E-state index in [2.05, 4.69) is 11.1 Å². The molecule has 146 valence electrons. The number of nitrogens with zero attached hydrogens (tertiary/aromatic N) is 2. The quantitative estimate of drug-likeness (QED) is 0.648. The number of hydrogen-bond donors (Lipinski definition) is 0. The lowest BCUT2D eigenvalue weighted by molar-refractivity contribution is 0.0303. The molecule has 4 rings (SSSR count). The molecule has 1 aliphatic heterocycles. The highest BCUT2D eigenvalue weighted by molar-refractivity contribution is 7.13. The van der Waals surface area contributed by atoms with Crippen LogP contribution < -0.4 is 4.74 Å². The number of carbonyl (C=O) groups excluding carboxylic acids is 1. The van der Waals surface area contributed by atoms with E-state index < -0.39 is 0 Å². The molecule has 1 fully saturated rings. The summed E-state index contributed by atoms with van der Waals surface area (Å²) in [5.41, 5.74) is 2.58. The van der Waals surface area contributed by atoms with E-state index in [1.807, 2.05) is 36.3 Å². The number of ether oxygens (including phenoxy) is 2. The van der Waals surface area contributed by atoms with Crippen LogP contribution in [0.3, 0.4) is 0 Å². The number of aromatic nitrogens is 1. The highest BCUT2D eigenvalue weighted by atomic mass is 32.1. The number of benzene rings is 1. The third-order valence-corrected chi connectivity index (χ3v) is 5.73. The molecule has 0 atom stereocenters. The van der Waals surface area contributed by atoms with Gasteiger partial charge in [-0.25, -0.2) is 4.98 Å². The molecular formula is C21H22N2O4S. The maximum Gasteiger partial charge on any atom is 0.254 e. The predicted octanol–water partition coefficient (Wildman–Crippen LogP) is 4.07. The van der Waals surface area contributed by atoms with Crippen molar-refractivity contribution < 1.29 is 18.7 Å². The van der Waals surface area contributed by atoms with Gasteiger partial charge in [0.05, 0.1) is 18.1 Å². The van der Waals surface area contributed by atoms with Gasteiger partial charge in [-0.3, -0.25) is 4.79 Å². The number of oxazole rings is 1. The highest BCUT2D eigenvalue weighted by Crippen LogP contribution is 2.30. The molecule has 0 aliphatic carbocycles. The molecule has 3 aromatic rings. The average molecular weight is 398 g/mol. The Morgan fingerprint density at radius 1 is 1.18 bits per heavy atom. The van der Waals surface area contributed by atoms with Crippen molar-refractivity contribution >= 4 is 17.2 Å². The van der Waals surface area contributed by atoms with E-state index in [-0.39, 0.29) is 5.91 Å². The fourth-order valence-electron chi connectivity index (χ4n) is 3.05. The second kappa shape index (κ2) is 8.16. The first-order chi connectivity index (χ1) is 13.6. The van der Waals surface area contributed by atoms with Gasteiger partial charge in [-0.2, -0.15) is 0 Å². The normalized spacial score (nSPS) is 14.3. The molecule has 1 aliphatic rings. The number of carbonyl (C=O) groups is 1. The van der Waals surface area contributed by atoms with E-state index in [1.165, 1.54) is 0 Å². The van der Waals surface area contributed by atoms with Gasteiger partial charge in [0.1, 0.15) is 23.8 Å².